The maximum absolute atomic E-state index is 2.48. The zero-order valence-electron chi connectivity index (χ0n) is 14.0. The Morgan fingerprint density at radius 3 is 2.67 bits per heavy atom. The monoisotopic (exact) mass is 306 g/mol. The molecule has 3 aliphatic rings. The maximum atomic E-state index is 2.48. The van der Waals surface area contributed by atoms with Crippen molar-refractivity contribution < 1.29 is 0 Å². The molecule has 0 spiro atoms. The van der Waals surface area contributed by atoms with Crippen LogP contribution in [0.1, 0.15) is 46.2 Å². The highest BCUT2D eigenvalue weighted by molar-refractivity contribution is 5.92. The van der Waals surface area contributed by atoms with E-state index in [0.29, 0.717) is 5.92 Å². The highest BCUT2D eigenvalue weighted by Gasteiger charge is 2.34. The van der Waals surface area contributed by atoms with E-state index in [9.17, 15) is 0 Å². The standard InChI is InChI=1S/C24H18/c1-13-9-15-5-3-4-6-18(15)23(13)22-12-20-14(2)21-11-17-10-16(20)7-8-19(17)24(21)22/h3-10,12,23H,11H2,1-2H3. The molecule has 4 bridgehead atoms. The molecular weight excluding hydrogens is 288 g/mol. The van der Waals surface area contributed by atoms with E-state index in [1.165, 1.54) is 55.6 Å². The van der Waals surface area contributed by atoms with Gasteiger partial charge in [0.05, 0.1) is 0 Å². The second kappa shape index (κ2) is 4.08. The maximum Gasteiger partial charge on any atom is 0.0311 e. The van der Waals surface area contributed by atoms with Crippen LogP contribution in [0, 0.1) is 6.92 Å². The zero-order valence-corrected chi connectivity index (χ0v) is 14.0. The normalized spacial score (nSPS) is 18.1. The van der Waals surface area contributed by atoms with E-state index in [1.807, 2.05) is 0 Å². The van der Waals surface area contributed by atoms with Crippen molar-refractivity contribution in [2.75, 3.05) is 0 Å². The summed E-state index contributed by atoms with van der Waals surface area (Å²) in [4.78, 5) is 0. The van der Waals surface area contributed by atoms with Crippen LogP contribution in [0.2, 0.25) is 0 Å². The SMILES string of the molecule is CC1=Cc2ccccc2C1c1cc2c(C)c3c1-c1ccc-2cc1C3. The lowest BCUT2D eigenvalue weighted by Crippen LogP contribution is -2.05. The first kappa shape index (κ1) is 12.8. The molecule has 1 unspecified atom stereocenters. The van der Waals surface area contributed by atoms with E-state index >= 15 is 0 Å². The number of hydrogen-bond donors (Lipinski definition) is 0. The minimum atomic E-state index is 0.412. The molecule has 3 aromatic carbocycles. The fourth-order valence-electron chi connectivity index (χ4n) is 5.16. The number of benzene rings is 3. The molecule has 0 radical (unpaired) electrons. The molecule has 0 fully saturated rings. The van der Waals surface area contributed by atoms with Gasteiger partial charge in [-0.05, 0) is 82.0 Å². The van der Waals surface area contributed by atoms with Gasteiger partial charge in [-0.3, -0.25) is 0 Å². The summed E-state index contributed by atoms with van der Waals surface area (Å²) >= 11 is 0. The molecular formula is C24H18. The number of allylic oxidation sites excluding steroid dienone is 1. The van der Waals surface area contributed by atoms with Crippen LogP contribution in [0.4, 0.5) is 0 Å². The second-order valence-electron chi connectivity index (χ2n) is 7.49. The lowest BCUT2D eigenvalue weighted by atomic mass is 9.79. The Labute approximate surface area is 142 Å². The van der Waals surface area contributed by atoms with Crippen molar-refractivity contribution in [2.24, 2.45) is 0 Å². The molecule has 0 heterocycles. The molecule has 0 nitrogen and oxygen atoms in total. The lowest BCUT2D eigenvalue weighted by molar-refractivity contribution is 0.976. The van der Waals surface area contributed by atoms with Crippen LogP contribution in [-0.4, -0.2) is 0 Å². The first-order valence-electron chi connectivity index (χ1n) is 8.79. The summed E-state index contributed by atoms with van der Waals surface area (Å²) in [6.45, 7) is 4.60. The van der Waals surface area contributed by atoms with Crippen LogP contribution in [-0.2, 0) is 6.42 Å². The predicted octanol–water partition coefficient (Wildman–Crippen LogP) is 6.10. The van der Waals surface area contributed by atoms with Gasteiger partial charge in [-0.25, -0.2) is 0 Å². The fraction of sp³-hybridized carbons (Fsp3) is 0.167. The van der Waals surface area contributed by atoms with Crippen LogP contribution in [0.3, 0.4) is 0 Å². The molecule has 0 aromatic heterocycles. The van der Waals surface area contributed by atoms with Crippen molar-refractivity contribution in [3.05, 3.63) is 87.5 Å². The number of hydrogen-bond acceptors (Lipinski definition) is 0. The van der Waals surface area contributed by atoms with Crippen LogP contribution in [0.25, 0.3) is 28.3 Å². The van der Waals surface area contributed by atoms with Crippen molar-refractivity contribution in [1.29, 1.82) is 0 Å². The molecule has 0 aliphatic heterocycles. The van der Waals surface area contributed by atoms with Gasteiger partial charge in [0.15, 0.2) is 0 Å². The third-order valence-electron chi connectivity index (χ3n) is 6.26. The van der Waals surface area contributed by atoms with Gasteiger partial charge < -0.3 is 0 Å². The van der Waals surface area contributed by atoms with Crippen LogP contribution >= 0.6 is 0 Å². The Kier molecular flexibility index (Phi) is 2.17. The molecule has 0 heteroatoms. The first-order chi connectivity index (χ1) is 11.7. The van der Waals surface area contributed by atoms with Gasteiger partial charge in [0.25, 0.3) is 0 Å². The quantitative estimate of drug-likeness (QED) is 0.351. The summed E-state index contributed by atoms with van der Waals surface area (Å²) in [5.74, 6) is 0.412. The Balaban J connectivity index is 1.71. The Morgan fingerprint density at radius 2 is 1.75 bits per heavy atom. The smallest absolute Gasteiger partial charge is 0.0311 e. The first-order valence-corrected chi connectivity index (χ1v) is 8.79. The van der Waals surface area contributed by atoms with E-state index in [1.54, 1.807) is 5.56 Å². The van der Waals surface area contributed by atoms with Crippen molar-refractivity contribution in [3.8, 4) is 22.3 Å². The third kappa shape index (κ3) is 1.36. The van der Waals surface area contributed by atoms with E-state index in [4.69, 9.17) is 0 Å². The lowest BCUT2D eigenvalue weighted by Gasteiger charge is -2.24. The Morgan fingerprint density at radius 1 is 0.875 bits per heavy atom. The number of rotatable bonds is 1. The average molecular weight is 306 g/mol. The minimum absolute atomic E-state index is 0.412. The molecule has 0 N–H and O–H groups in total. The largest absolute Gasteiger partial charge is 0.0619 e. The van der Waals surface area contributed by atoms with Gasteiger partial charge in [0, 0.05) is 5.92 Å². The van der Waals surface area contributed by atoms with Gasteiger partial charge in [0.2, 0.25) is 0 Å². The average Bonchev–Trinajstić information content (AvgIpc) is 3.09. The topological polar surface area (TPSA) is 0 Å². The van der Waals surface area contributed by atoms with Crippen molar-refractivity contribution in [2.45, 2.75) is 26.2 Å². The summed E-state index contributed by atoms with van der Waals surface area (Å²) < 4.78 is 0. The molecule has 114 valence electrons. The van der Waals surface area contributed by atoms with E-state index in [-0.39, 0.29) is 0 Å². The molecule has 0 amide bonds. The summed E-state index contributed by atoms with van der Waals surface area (Å²) in [7, 11) is 0. The molecule has 3 aromatic rings. The third-order valence-corrected chi connectivity index (χ3v) is 6.26. The van der Waals surface area contributed by atoms with E-state index < -0.39 is 0 Å². The fourth-order valence-corrected chi connectivity index (χ4v) is 5.16. The van der Waals surface area contributed by atoms with Crippen LogP contribution < -0.4 is 0 Å². The molecule has 0 saturated heterocycles. The van der Waals surface area contributed by atoms with E-state index in [0.717, 1.165) is 6.42 Å². The van der Waals surface area contributed by atoms with Crippen LogP contribution in [0.15, 0.2) is 54.1 Å². The van der Waals surface area contributed by atoms with Crippen molar-refractivity contribution in [1.82, 2.24) is 0 Å². The summed E-state index contributed by atoms with van der Waals surface area (Å²) in [5, 5.41) is 0. The molecule has 6 rings (SSSR count). The molecule has 24 heavy (non-hydrogen) atoms. The molecule has 3 aliphatic carbocycles. The highest BCUT2D eigenvalue weighted by Crippen LogP contribution is 2.53. The van der Waals surface area contributed by atoms with Crippen LogP contribution in [0.5, 0.6) is 0 Å². The molecule has 1 atom stereocenters. The van der Waals surface area contributed by atoms with Crippen molar-refractivity contribution >= 4 is 6.08 Å². The van der Waals surface area contributed by atoms with Crippen molar-refractivity contribution in [3.63, 3.8) is 0 Å². The Bertz CT molecular complexity index is 1100. The minimum Gasteiger partial charge on any atom is -0.0619 e. The van der Waals surface area contributed by atoms with Gasteiger partial charge in [-0.2, -0.15) is 0 Å². The van der Waals surface area contributed by atoms with E-state index in [2.05, 4.69) is 68.5 Å². The van der Waals surface area contributed by atoms with Gasteiger partial charge >= 0.3 is 0 Å². The zero-order chi connectivity index (χ0) is 16.0. The number of fused-ring (bicyclic) bond motifs is 5. The second-order valence-corrected chi connectivity index (χ2v) is 7.49. The van der Waals surface area contributed by atoms with Gasteiger partial charge in [-0.15, -0.1) is 0 Å². The van der Waals surface area contributed by atoms with Gasteiger partial charge in [0.1, 0.15) is 0 Å². The molecule has 0 saturated carbocycles. The predicted molar refractivity (Wildman–Crippen MR) is 100 cm³/mol. The summed E-state index contributed by atoms with van der Waals surface area (Å²) in [5.41, 5.74) is 16.2. The Hall–Kier alpha value is -2.60. The summed E-state index contributed by atoms with van der Waals surface area (Å²) in [6.07, 6.45) is 3.48. The summed E-state index contributed by atoms with van der Waals surface area (Å²) in [6, 6.07) is 18.4. The highest BCUT2D eigenvalue weighted by atomic mass is 14.4. The van der Waals surface area contributed by atoms with Gasteiger partial charge in [-0.1, -0.05) is 54.1 Å².